The summed E-state index contributed by atoms with van der Waals surface area (Å²) in [6, 6.07) is 6.91. The van der Waals surface area contributed by atoms with Crippen molar-refractivity contribution >= 4 is 58.1 Å². The summed E-state index contributed by atoms with van der Waals surface area (Å²) in [7, 11) is -3.30. The number of ketones is 1. The van der Waals surface area contributed by atoms with Gasteiger partial charge in [-0.3, -0.25) is 38.4 Å². The van der Waals surface area contributed by atoms with E-state index in [4.69, 9.17) is 15.0 Å². The first kappa shape index (κ1) is 73.6. The molecule has 3 saturated heterocycles. The molecule has 0 radical (unpaired) electrons. The van der Waals surface area contributed by atoms with Crippen LogP contribution in [0, 0.1) is 11.8 Å². The number of carbonyl (C=O) groups is 8. The molecule has 3 fully saturated rings. The van der Waals surface area contributed by atoms with Crippen molar-refractivity contribution in [2.75, 3.05) is 19.7 Å². The van der Waals surface area contributed by atoms with Gasteiger partial charge >= 0.3 is 29.6 Å². The third kappa shape index (κ3) is 18.1. The third-order valence-electron chi connectivity index (χ3n) is 15.5. The normalized spacial score (nSPS) is 26.0. The molecule has 4 aromatic rings. The second kappa shape index (κ2) is 32.7. The van der Waals surface area contributed by atoms with Gasteiger partial charge < -0.3 is 110 Å². The second-order valence-electron chi connectivity index (χ2n) is 22.0. The average molecular weight is 1290 g/mol. The molecular formula is C57H72N8NaO23S-. The number of Topliss-reactive ketones (excluding diaryl/α,β-unsaturated/α-hetero) is 1. The predicted molar refractivity (Wildman–Crippen MR) is 304 cm³/mol. The van der Waals surface area contributed by atoms with Crippen molar-refractivity contribution in [1.82, 2.24) is 36.2 Å². The molecule has 90 heavy (non-hydrogen) atoms. The molecule has 0 saturated carbocycles. The number of hydrogen-bond acceptors (Lipinski definition) is 25. The summed E-state index contributed by atoms with van der Waals surface area (Å²) in [4.78, 5) is 115. The van der Waals surface area contributed by atoms with E-state index < -0.39 is 205 Å². The average Bonchev–Trinajstić information content (AvgIpc) is 1.67. The zero-order valence-electron chi connectivity index (χ0n) is 49.3. The molecule has 0 spiro atoms. The molecule has 3 aliphatic rings. The van der Waals surface area contributed by atoms with Gasteiger partial charge in [0.2, 0.25) is 35.4 Å². The third-order valence-corrected chi connectivity index (χ3v) is 15.8. The summed E-state index contributed by atoms with van der Waals surface area (Å²) in [5.41, 5.74) is 6.38. The van der Waals surface area contributed by atoms with Crippen LogP contribution in [0.5, 0.6) is 17.2 Å². The van der Waals surface area contributed by atoms with Crippen molar-refractivity contribution in [3.05, 3.63) is 83.9 Å². The van der Waals surface area contributed by atoms with Gasteiger partial charge in [-0.05, 0) is 67.4 Å². The number of unbranched alkanes of at least 4 members (excludes halogenated alkanes) is 2. The maximum absolute atomic E-state index is 14.7. The van der Waals surface area contributed by atoms with Crippen LogP contribution in [0.4, 0.5) is 0 Å². The first-order chi connectivity index (χ1) is 41.7. The fraction of sp³-hybridized carbons (Fsp3) is 0.491. The minimum absolute atomic E-state index is 0. The maximum Gasteiger partial charge on any atom is 1.00 e. The van der Waals surface area contributed by atoms with Crippen LogP contribution in [-0.4, -0.2) is 206 Å². The molecule has 31 nitrogen and oxygen atoms in total. The van der Waals surface area contributed by atoms with E-state index >= 15 is 0 Å². The van der Waals surface area contributed by atoms with E-state index in [-0.39, 0.29) is 40.6 Å². The Labute approximate surface area is 538 Å². The Morgan fingerprint density at radius 2 is 1.47 bits per heavy atom. The molecule has 0 aliphatic carbocycles. The van der Waals surface area contributed by atoms with Crippen molar-refractivity contribution < 1.29 is 141 Å². The Morgan fingerprint density at radius 1 is 0.822 bits per heavy atom. The molecule has 1 aromatic heterocycles. The number of aromatic nitrogens is 1. The van der Waals surface area contributed by atoms with Crippen LogP contribution in [-0.2, 0) is 53.0 Å². The van der Waals surface area contributed by atoms with Gasteiger partial charge in [0.25, 0.3) is 5.91 Å². The molecule has 486 valence electrons. The predicted octanol–water partition coefficient (Wildman–Crippen LogP) is -5.56. The number of phenols is 1. The molecule has 0 bridgehead atoms. The molecular weight excluding hydrogens is 1220 g/mol. The Hall–Kier alpha value is -7.18. The van der Waals surface area contributed by atoms with E-state index in [0.29, 0.717) is 39.8 Å². The minimum Gasteiger partial charge on any atom is -0.870 e. The second-order valence-corrected chi connectivity index (χ2v) is 22.6. The van der Waals surface area contributed by atoms with Crippen molar-refractivity contribution in [1.29, 1.82) is 0 Å². The first-order valence-electron chi connectivity index (χ1n) is 28.2. The van der Waals surface area contributed by atoms with Gasteiger partial charge in [-0.1, -0.05) is 50.0 Å². The number of benzene rings is 3. The monoisotopic (exact) mass is 1290 g/mol. The van der Waals surface area contributed by atoms with Crippen LogP contribution in [0.1, 0.15) is 87.7 Å². The molecule has 3 aliphatic heterocycles. The number of carbonyl (C=O) groups excluding carboxylic acids is 8. The van der Waals surface area contributed by atoms with Gasteiger partial charge in [0.05, 0.1) is 55.5 Å². The molecule has 33 heteroatoms. The molecule has 15 atom stereocenters. The standard InChI is InChI=1S/C57H71N8O22S.Na.H2O/c1-4-5-6-17-85-33-14-11-29(12-15-33)42-22-35(63-86-42)28-7-9-30(10-8-28)51(76)59-36-21-41(71)54(79)62-55(80)47-48(73)26(2)24-65(47)57(82)46(40(70)23-44(58)72)61-52(77)34(50(75)49(74)31-13-16-38(68)43(18-31)87-88(83)84)20-39(69)37-19-32(67)25-64(37)56(81)45(27(3)66)60-53(36)78;;/h7-16,18,22,26-27,32,34,36-37,40-41,45-50,54,66-68,70-71,73-75,79H,4-6,17,19-21,23-25H2,1-3H3,(H2,58,72)(H,59,76)(H,60,78)(H,61,77)(H,62,80);;1H2/q-1;+1;/p-1. The maximum atomic E-state index is 14.7. The minimum atomic E-state index is -3.30. The number of phenolic OH excluding ortho intramolecular Hbond substituents is 1. The van der Waals surface area contributed by atoms with Gasteiger partial charge in [-0.25, -0.2) is 0 Å². The fourth-order valence-corrected chi connectivity index (χ4v) is 10.9. The molecule has 16 N–H and O–H groups in total. The smallest absolute Gasteiger partial charge is 0.870 e. The van der Waals surface area contributed by atoms with Gasteiger partial charge in [-0.2, -0.15) is 0 Å². The quantitative estimate of drug-likeness (QED) is 0.0251. The summed E-state index contributed by atoms with van der Waals surface area (Å²) in [6.45, 7) is 3.89. The van der Waals surface area contributed by atoms with Crippen LogP contribution in [0.2, 0.25) is 0 Å². The van der Waals surface area contributed by atoms with E-state index in [0.717, 1.165) is 49.3 Å². The Balaban J connectivity index is 0.00000736. The van der Waals surface area contributed by atoms with Crippen LogP contribution in [0.15, 0.2) is 77.3 Å². The summed E-state index contributed by atoms with van der Waals surface area (Å²) in [5.74, 6) is -14.1. The number of amides is 7. The largest absolute Gasteiger partial charge is 1.00 e. The van der Waals surface area contributed by atoms with Crippen LogP contribution in [0.25, 0.3) is 22.6 Å². The molecule has 7 rings (SSSR count). The van der Waals surface area contributed by atoms with Crippen molar-refractivity contribution in [3.63, 3.8) is 0 Å². The molecule has 4 heterocycles. The first-order valence-corrected chi connectivity index (χ1v) is 29.2. The van der Waals surface area contributed by atoms with Gasteiger partial charge in [0, 0.05) is 61.0 Å². The number of nitrogens with one attached hydrogen (secondary N) is 4. The Bertz CT molecular complexity index is 3260. The van der Waals surface area contributed by atoms with E-state index in [1.54, 1.807) is 30.3 Å². The van der Waals surface area contributed by atoms with E-state index in [1.807, 2.05) is 5.32 Å². The van der Waals surface area contributed by atoms with Gasteiger partial charge in [0.1, 0.15) is 64.6 Å². The number of hydrogen-bond donors (Lipinski definition) is 14. The van der Waals surface area contributed by atoms with E-state index in [2.05, 4.69) is 32.2 Å². The number of aliphatic hydroxyl groups is 8. The summed E-state index contributed by atoms with van der Waals surface area (Å²) in [6.07, 6.45) is -17.8. The number of aromatic hydroxyl groups is 1. The van der Waals surface area contributed by atoms with Crippen LogP contribution < -0.4 is 65.5 Å². The zero-order valence-corrected chi connectivity index (χ0v) is 52.1. The summed E-state index contributed by atoms with van der Waals surface area (Å²) < 4.78 is 38.7. The fourth-order valence-electron chi connectivity index (χ4n) is 10.6. The number of rotatable bonds is 18. The zero-order chi connectivity index (χ0) is 64.4. The number of fused-ring (bicyclic) bond motifs is 2. The number of nitrogens with zero attached hydrogens (tertiary/aromatic N) is 3. The van der Waals surface area contributed by atoms with Crippen molar-refractivity contribution in [2.45, 2.75) is 145 Å². The topological polar surface area (TPSA) is 508 Å². The van der Waals surface area contributed by atoms with E-state index in [9.17, 15) is 92.7 Å². The number of aliphatic hydroxyl groups excluding tert-OH is 8. The molecule has 15 unspecified atom stereocenters. The Morgan fingerprint density at radius 3 is 2.10 bits per heavy atom. The molecule has 7 amide bonds. The number of nitrogens with two attached hydrogens (primary N) is 1. The summed E-state index contributed by atoms with van der Waals surface area (Å²) >= 11 is 0. The van der Waals surface area contributed by atoms with E-state index in [1.165, 1.54) is 31.2 Å². The molecule has 3 aromatic carbocycles. The SMILES string of the molecule is CCCCCOc1ccc(-c2cc(-c3ccc(C(=O)NC4CC(O)C(O)NC(=O)C5C(O)C(C)CN5C(=O)C(C(O)CC(N)=O)NC(=O)C(C(O)C(O)c5ccc(O)c(O[S-](=O)=O)c5)CC(=O)C5CC(O)CN5C(=O)C(C(C)O)NC4=O)cc3)no2)cc1.[Na+].[OH-]. The Kier molecular flexibility index (Phi) is 26.7. The van der Waals surface area contributed by atoms with Gasteiger partial charge in [0.15, 0.2) is 23.5 Å². The van der Waals surface area contributed by atoms with Crippen LogP contribution in [0.3, 0.4) is 0 Å². The number of primary amides is 1. The van der Waals surface area contributed by atoms with Crippen molar-refractivity contribution in [2.24, 2.45) is 17.6 Å². The van der Waals surface area contributed by atoms with Crippen molar-refractivity contribution in [3.8, 4) is 39.8 Å². The van der Waals surface area contributed by atoms with Crippen LogP contribution >= 0.6 is 0 Å². The summed E-state index contributed by atoms with van der Waals surface area (Å²) in [5, 5.41) is 114. The van der Waals surface area contributed by atoms with Gasteiger partial charge in [-0.15, -0.1) is 0 Å². The number of ether oxygens (including phenoxy) is 1.